The Bertz CT molecular complexity index is 7650. The number of aromatic nitrogens is 20. The summed E-state index contributed by atoms with van der Waals surface area (Å²) in [7, 11) is 0. The lowest BCUT2D eigenvalue weighted by atomic mass is 10.1. The first-order valence-corrected chi connectivity index (χ1v) is 43.0. The number of nitrogens with one attached hydrogen (secondary N) is 10. The molecule has 0 aliphatic heterocycles. The van der Waals surface area contributed by atoms with E-state index in [1.54, 1.807) is 54.6 Å². The fourth-order valence-electron chi connectivity index (χ4n) is 13.5. The second kappa shape index (κ2) is 40.0. The van der Waals surface area contributed by atoms with E-state index in [9.17, 15) is 28.4 Å². The van der Waals surface area contributed by atoms with Gasteiger partial charge in [-0.1, -0.05) is 172 Å². The zero-order valence-electron chi connectivity index (χ0n) is 71.1. The lowest BCUT2D eigenvalue weighted by molar-refractivity contribution is 0.630. The predicted octanol–water partition coefficient (Wildman–Crippen LogP) is 18.2. The number of hydrogen-bond donors (Lipinski definition) is 10. The number of halogens is 5. The van der Waals surface area contributed by atoms with Crippen LogP contribution in [0.5, 0.6) is 0 Å². The smallest absolute Gasteiger partial charge is 0.274 e. The van der Waals surface area contributed by atoms with Crippen LogP contribution in [0.1, 0.15) is 61.9 Å². The summed E-state index contributed by atoms with van der Waals surface area (Å²) in [4.78, 5) is 106. The maximum absolute atomic E-state index is 13.7. The van der Waals surface area contributed by atoms with Crippen LogP contribution in [0.4, 0.5) is 32.8 Å². The summed E-state index contributed by atoms with van der Waals surface area (Å²) >= 11 is 21.3. The van der Waals surface area contributed by atoms with Crippen molar-refractivity contribution in [3.8, 4) is 56.9 Å². The SMILES string of the molecule is Cc1c(Cl)cccc1NCc1cc(=O)n2[nH]c(-c3ccccc3)nc2n1.Cc1ccc(-c2nc3nc(CNc4ccc(Br)cc4)cc(=O)n3[nH]2)cc1C.Cc1ccc(NCc2cc(=O)n3[nH]c(-c4ccc(C)c(C)c4)nc3n2)cc1.O=c1cc(CNc2ccc(Cl)cc2)nc2nc(-c3ccccc3)[nH]n12.O=c1cc(CNc2ccccc2F)nc2nc(-c3ccc(Cl)cc3)[nH]n12. The summed E-state index contributed by atoms with van der Waals surface area (Å²) in [6, 6.07) is 81.1. The largest absolute Gasteiger partial charge is 0.379 e. The zero-order valence-corrected chi connectivity index (χ0v) is 74.9. The predicted molar refractivity (Wildman–Crippen MR) is 515 cm³/mol. The molecule has 0 aliphatic rings. The van der Waals surface area contributed by atoms with Gasteiger partial charge in [0.25, 0.3) is 56.7 Å². The van der Waals surface area contributed by atoms with Gasteiger partial charge in [-0.3, -0.25) is 49.5 Å². The number of nitrogens with zero attached hydrogens (tertiary/aromatic N) is 15. The van der Waals surface area contributed by atoms with Crippen LogP contribution < -0.4 is 54.4 Å². The van der Waals surface area contributed by atoms with E-state index in [2.05, 4.69) is 152 Å². The van der Waals surface area contributed by atoms with Crippen LogP contribution in [0.3, 0.4) is 0 Å². The van der Waals surface area contributed by atoms with Crippen molar-refractivity contribution in [3.63, 3.8) is 0 Å². The molecule has 0 amide bonds. The van der Waals surface area contributed by atoms with Gasteiger partial charge >= 0.3 is 0 Å². The fourth-order valence-corrected chi connectivity index (χ4v) is 14.2. The summed E-state index contributed by atoms with van der Waals surface area (Å²) in [5.41, 5.74) is 17.4. The van der Waals surface area contributed by atoms with Crippen molar-refractivity contribution in [2.24, 2.45) is 0 Å². The molecule has 20 aromatic rings. The Labute approximate surface area is 768 Å². The molecule has 10 N–H and O–H groups in total. The maximum Gasteiger partial charge on any atom is 0.274 e. The topological polar surface area (TPSA) is 375 Å². The van der Waals surface area contributed by atoms with Crippen LogP contribution in [0.15, 0.2) is 295 Å². The number of fused-ring (bicyclic) bond motifs is 5. The first-order valence-electron chi connectivity index (χ1n) is 41.1. The molecule has 656 valence electrons. The van der Waals surface area contributed by atoms with Crippen LogP contribution in [0, 0.1) is 47.4 Å². The molecule has 20 rings (SSSR count). The molecule has 0 atom stereocenters. The molecule has 0 spiro atoms. The third-order valence-electron chi connectivity index (χ3n) is 20.9. The van der Waals surface area contributed by atoms with Gasteiger partial charge in [0.2, 0.25) is 0 Å². The summed E-state index contributed by atoms with van der Waals surface area (Å²) in [5, 5.41) is 32.9. The monoisotopic (exact) mass is 1870 g/mol. The third-order valence-corrected chi connectivity index (χ3v) is 22.4. The highest BCUT2D eigenvalue weighted by atomic mass is 79.9. The standard InChI is InChI=1S/C21H21N5O.C20H18BrN5O.C19H16ClN5O.C18H13ClFN5O.C18H14ClN5O/c1-13-4-8-17(9-5-13)22-12-18-11-19(27)26-21(23-18)24-20(25-26)16-7-6-14(2)15(3)10-16;1-12-3-4-14(9-13(12)2)19-24-20-23-17(10-18(27)26(20)25-19)11-22-16-7-5-15(21)6-8-16;1-12-15(20)8-5-9-16(12)21-11-14-10-17(26)25-19(22-14)23-18(24-25)13-6-3-2-4-7-13;19-12-7-5-11(6-8-12)17-23-18-22-13(9-16(26)25(18)24-17)10-21-15-4-2-1-3-14(15)20;19-13-6-8-14(9-7-13)20-11-15-10-16(25)24-18(21-15)22-17(23-24)12-4-2-1-3-5-12/h4-11,22H,12H2,1-3H3,(H,23,24,25);3-10,22H,11H2,1-2H3,(H,23,24,25);2-10,21H,11H2,1H3,(H,22,23,24);1-9,21H,10H2,(H,22,23,24);1-10,20H,11H2,(H,21,22,23). The van der Waals surface area contributed by atoms with Crippen molar-refractivity contribution in [3.05, 3.63) is 406 Å². The summed E-state index contributed by atoms with van der Waals surface area (Å²) in [6.45, 7) is 14.2. The second-order valence-corrected chi connectivity index (χ2v) is 32.5. The number of benzene rings is 10. The van der Waals surface area contributed by atoms with E-state index in [1.807, 2.05) is 184 Å². The molecule has 0 unspecified atom stereocenters. The molecule has 0 aliphatic carbocycles. The molecule has 0 saturated carbocycles. The first kappa shape index (κ1) is 88.7. The molecule has 0 fully saturated rings. The van der Waals surface area contributed by atoms with Crippen molar-refractivity contribution in [2.45, 2.75) is 74.3 Å². The number of anilines is 5. The maximum atomic E-state index is 13.7. The van der Waals surface area contributed by atoms with E-state index in [0.717, 1.165) is 60.6 Å². The second-order valence-electron chi connectivity index (χ2n) is 30.3. The van der Waals surface area contributed by atoms with Crippen molar-refractivity contribution in [1.29, 1.82) is 0 Å². The Morgan fingerprint density at radius 3 is 0.962 bits per heavy atom. The summed E-state index contributed by atoms with van der Waals surface area (Å²) in [5.74, 6) is 4.27. The Balaban J connectivity index is 0.000000120. The molecule has 0 radical (unpaired) electrons. The summed E-state index contributed by atoms with van der Waals surface area (Å²) < 4.78 is 21.4. The molecule has 10 aromatic carbocycles. The van der Waals surface area contributed by atoms with Gasteiger partial charge in [0, 0.05) is 100 Å². The van der Waals surface area contributed by atoms with Gasteiger partial charge in [0.05, 0.1) is 66.9 Å². The van der Waals surface area contributed by atoms with Crippen molar-refractivity contribution >= 4 is 108 Å². The molecule has 35 heteroatoms. The highest BCUT2D eigenvalue weighted by Crippen LogP contribution is 2.28. The lowest BCUT2D eigenvalue weighted by Gasteiger charge is -2.10. The molecule has 30 nitrogen and oxygen atoms in total. The average Bonchev–Trinajstić information content (AvgIpc) is 1.67. The zero-order chi connectivity index (χ0) is 91.3. The van der Waals surface area contributed by atoms with Gasteiger partial charge < -0.3 is 26.6 Å². The minimum absolute atomic E-state index is 0.178. The Morgan fingerprint density at radius 1 is 0.298 bits per heavy atom. The first-order chi connectivity index (χ1) is 63.4. The highest BCUT2D eigenvalue weighted by Gasteiger charge is 2.18. The highest BCUT2D eigenvalue weighted by molar-refractivity contribution is 9.10. The van der Waals surface area contributed by atoms with Crippen LogP contribution in [0.25, 0.3) is 85.8 Å². The molecule has 10 aromatic heterocycles. The van der Waals surface area contributed by atoms with Crippen molar-refractivity contribution in [1.82, 2.24) is 97.9 Å². The number of aryl methyl sites for hydroxylation is 5. The lowest BCUT2D eigenvalue weighted by Crippen LogP contribution is -2.17. The van der Waals surface area contributed by atoms with Crippen molar-refractivity contribution < 1.29 is 4.39 Å². The van der Waals surface area contributed by atoms with Gasteiger partial charge in [0.1, 0.15) is 5.82 Å². The minimum atomic E-state index is -0.366. The summed E-state index contributed by atoms with van der Waals surface area (Å²) in [6.07, 6.45) is 0. The van der Waals surface area contributed by atoms with Crippen LogP contribution in [-0.2, 0) is 32.7 Å². The molecular weight excluding hydrogens is 1790 g/mol. The molecule has 10 heterocycles. The van der Waals surface area contributed by atoms with E-state index in [0.29, 0.717) is 128 Å². The van der Waals surface area contributed by atoms with E-state index in [-0.39, 0.29) is 45.9 Å². The third kappa shape index (κ3) is 21.9. The Kier molecular flexibility index (Phi) is 27.1. The molecule has 131 heavy (non-hydrogen) atoms. The Hall–Kier alpha value is -15.8. The van der Waals surface area contributed by atoms with Crippen LogP contribution >= 0.6 is 50.7 Å². The average molecular weight is 1870 g/mol. The molecular formula is C96H82BrCl3FN25O5. The van der Waals surface area contributed by atoms with E-state index < -0.39 is 0 Å². The Morgan fingerprint density at radius 2 is 0.595 bits per heavy atom. The number of H-pyrrole nitrogens is 5. The normalized spacial score (nSPS) is 11.0. The van der Waals surface area contributed by atoms with E-state index in [4.69, 9.17) is 34.8 Å². The number of para-hydroxylation sites is 1. The van der Waals surface area contributed by atoms with E-state index in [1.165, 1.54) is 86.8 Å². The fraction of sp³-hybridized carbons (Fsp3) is 0.115. The number of hydrogen-bond acceptors (Lipinski definition) is 20. The number of rotatable bonds is 20. The molecule has 0 bridgehead atoms. The van der Waals surface area contributed by atoms with Gasteiger partial charge in [0.15, 0.2) is 29.1 Å². The number of aromatic amines is 5. The van der Waals surface area contributed by atoms with Gasteiger partial charge in [-0.05, 0) is 191 Å². The van der Waals surface area contributed by atoms with Crippen LogP contribution in [-0.4, -0.2) is 97.9 Å². The van der Waals surface area contributed by atoms with Gasteiger partial charge in [-0.15, -0.1) is 0 Å². The van der Waals surface area contributed by atoms with Gasteiger partial charge in [-0.2, -0.15) is 47.5 Å². The molecule has 0 saturated heterocycles. The quantitative estimate of drug-likeness (QED) is 0.0339. The van der Waals surface area contributed by atoms with Gasteiger partial charge in [-0.25, -0.2) is 29.3 Å². The van der Waals surface area contributed by atoms with E-state index >= 15 is 0 Å². The van der Waals surface area contributed by atoms with Crippen LogP contribution in [0.2, 0.25) is 15.1 Å². The minimum Gasteiger partial charge on any atom is -0.379 e. The van der Waals surface area contributed by atoms with Crippen molar-refractivity contribution in [2.75, 3.05) is 26.6 Å².